The predicted octanol–water partition coefficient (Wildman–Crippen LogP) is 2.15. The average Bonchev–Trinajstić information content (AvgIpc) is 2.65. The molecule has 1 unspecified atom stereocenters. The standard InChI is InChI=1S/C12H14N2O4S2/c1-12(15)7-20-11(19)13(12)6-8-5-9(18-2)3-4-10(8)14(16)17/h3-5,15H,6-7H2,1-2H3. The minimum absolute atomic E-state index is 0.0127. The Morgan fingerprint density at radius 1 is 1.65 bits per heavy atom. The van der Waals surface area contributed by atoms with Gasteiger partial charge in [0, 0.05) is 11.8 Å². The van der Waals surface area contributed by atoms with E-state index >= 15 is 0 Å². The molecule has 0 saturated carbocycles. The molecule has 8 heteroatoms. The summed E-state index contributed by atoms with van der Waals surface area (Å²) >= 11 is 6.55. The van der Waals surface area contributed by atoms with Crippen LogP contribution in [0.5, 0.6) is 5.75 Å². The van der Waals surface area contributed by atoms with Crippen LogP contribution in [0.15, 0.2) is 18.2 Å². The van der Waals surface area contributed by atoms with E-state index in [0.717, 1.165) is 0 Å². The molecule has 1 heterocycles. The molecular weight excluding hydrogens is 300 g/mol. The molecule has 1 fully saturated rings. The number of nitrogens with zero attached hydrogens (tertiary/aromatic N) is 2. The summed E-state index contributed by atoms with van der Waals surface area (Å²) in [5.41, 5.74) is -0.653. The molecule has 0 spiro atoms. The second kappa shape index (κ2) is 5.55. The Bertz CT molecular complexity index is 562. The second-order valence-electron chi connectivity index (χ2n) is 4.61. The fraction of sp³-hybridized carbons (Fsp3) is 0.417. The third-order valence-corrected chi connectivity index (χ3v) is 4.82. The van der Waals surface area contributed by atoms with Gasteiger partial charge < -0.3 is 14.7 Å². The molecule has 0 aliphatic carbocycles. The van der Waals surface area contributed by atoms with Crippen LogP contribution in [-0.4, -0.2) is 37.8 Å². The van der Waals surface area contributed by atoms with Crippen LogP contribution in [0.3, 0.4) is 0 Å². The topological polar surface area (TPSA) is 75.8 Å². The van der Waals surface area contributed by atoms with Gasteiger partial charge in [0.15, 0.2) is 0 Å². The molecule has 0 radical (unpaired) electrons. The number of ether oxygens (including phenoxy) is 1. The van der Waals surface area contributed by atoms with E-state index in [-0.39, 0.29) is 12.2 Å². The molecule has 1 atom stereocenters. The number of thiocarbonyl (C=S) groups is 1. The van der Waals surface area contributed by atoms with Gasteiger partial charge in [-0.1, -0.05) is 24.0 Å². The van der Waals surface area contributed by atoms with Crippen LogP contribution in [-0.2, 0) is 6.54 Å². The van der Waals surface area contributed by atoms with Gasteiger partial charge in [0.05, 0.1) is 24.1 Å². The van der Waals surface area contributed by atoms with Gasteiger partial charge in [0.2, 0.25) is 0 Å². The number of hydrogen-bond donors (Lipinski definition) is 1. The number of nitro groups is 1. The summed E-state index contributed by atoms with van der Waals surface area (Å²) in [5, 5.41) is 21.3. The maximum atomic E-state index is 11.1. The molecule has 0 amide bonds. The van der Waals surface area contributed by atoms with Crippen molar-refractivity contribution < 1.29 is 14.8 Å². The average molecular weight is 314 g/mol. The van der Waals surface area contributed by atoms with Gasteiger partial charge >= 0.3 is 0 Å². The van der Waals surface area contributed by atoms with Gasteiger partial charge in [-0.3, -0.25) is 10.1 Å². The van der Waals surface area contributed by atoms with Crippen molar-refractivity contribution in [2.45, 2.75) is 19.2 Å². The van der Waals surface area contributed by atoms with Crippen molar-refractivity contribution in [1.29, 1.82) is 0 Å². The maximum absolute atomic E-state index is 11.1. The van der Waals surface area contributed by atoms with Crippen molar-refractivity contribution in [3.63, 3.8) is 0 Å². The highest BCUT2D eigenvalue weighted by molar-refractivity contribution is 8.23. The van der Waals surface area contributed by atoms with Crippen molar-refractivity contribution in [3.8, 4) is 5.75 Å². The van der Waals surface area contributed by atoms with E-state index in [4.69, 9.17) is 17.0 Å². The minimum atomic E-state index is -1.10. The fourth-order valence-corrected chi connectivity index (χ4v) is 3.36. The Morgan fingerprint density at radius 2 is 2.35 bits per heavy atom. The first-order valence-corrected chi connectivity index (χ1v) is 7.22. The summed E-state index contributed by atoms with van der Waals surface area (Å²) < 4.78 is 5.63. The summed E-state index contributed by atoms with van der Waals surface area (Å²) in [5.74, 6) is 0.979. The van der Waals surface area contributed by atoms with E-state index in [9.17, 15) is 15.2 Å². The molecule has 1 aromatic carbocycles. The predicted molar refractivity (Wildman–Crippen MR) is 80.9 cm³/mol. The summed E-state index contributed by atoms with van der Waals surface area (Å²) in [4.78, 5) is 12.2. The van der Waals surface area contributed by atoms with E-state index in [1.807, 2.05) is 0 Å². The van der Waals surface area contributed by atoms with Crippen LogP contribution >= 0.6 is 24.0 Å². The SMILES string of the molecule is COc1ccc([N+](=O)[O-])c(CN2C(=S)SCC2(C)O)c1. The fourth-order valence-electron chi connectivity index (χ4n) is 1.95. The summed E-state index contributed by atoms with van der Waals surface area (Å²) in [7, 11) is 1.50. The van der Waals surface area contributed by atoms with Crippen molar-refractivity contribution in [2.24, 2.45) is 0 Å². The van der Waals surface area contributed by atoms with E-state index in [1.165, 1.54) is 31.0 Å². The third kappa shape index (κ3) is 2.87. The number of hydrogen-bond acceptors (Lipinski definition) is 6. The van der Waals surface area contributed by atoms with E-state index in [1.54, 1.807) is 17.9 Å². The number of rotatable bonds is 4. The highest BCUT2D eigenvalue weighted by Crippen LogP contribution is 2.35. The van der Waals surface area contributed by atoms with Crippen LogP contribution in [0.4, 0.5) is 5.69 Å². The van der Waals surface area contributed by atoms with E-state index in [0.29, 0.717) is 21.4 Å². The Labute approximate surface area is 125 Å². The van der Waals surface area contributed by atoms with Crippen molar-refractivity contribution >= 4 is 34.0 Å². The summed E-state index contributed by atoms with van der Waals surface area (Å²) in [6, 6.07) is 4.53. The highest BCUT2D eigenvalue weighted by Gasteiger charge is 2.39. The molecular formula is C12H14N2O4S2. The lowest BCUT2D eigenvalue weighted by atomic mass is 10.1. The molecule has 20 heavy (non-hydrogen) atoms. The van der Waals surface area contributed by atoms with Crippen molar-refractivity contribution in [3.05, 3.63) is 33.9 Å². The monoisotopic (exact) mass is 314 g/mol. The third-order valence-electron chi connectivity index (χ3n) is 3.08. The van der Waals surface area contributed by atoms with Gasteiger partial charge in [-0.2, -0.15) is 0 Å². The normalized spacial score (nSPS) is 22.1. The number of nitro benzene ring substituents is 1. The Hall–Kier alpha value is -1.38. The van der Waals surface area contributed by atoms with Gasteiger partial charge in [-0.05, 0) is 19.1 Å². The van der Waals surface area contributed by atoms with Crippen molar-refractivity contribution in [1.82, 2.24) is 4.90 Å². The maximum Gasteiger partial charge on any atom is 0.274 e. The minimum Gasteiger partial charge on any atom is -0.497 e. The molecule has 1 aliphatic heterocycles. The van der Waals surface area contributed by atoms with Gasteiger partial charge in [0.25, 0.3) is 5.69 Å². The molecule has 0 aromatic heterocycles. The second-order valence-corrected chi connectivity index (χ2v) is 6.22. The molecule has 1 saturated heterocycles. The zero-order valence-corrected chi connectivity index (χ0v) is 12.7. The van der Waals surface area contributed by atoms with Gasteiger partial charge in [0.1, 0.15) is 15.8 Å². The molecule has 0 bridgehead atoms. The Balaban J connectivity index is 2.36. The molecule has 1 N–H and O–H groups in total. The van der Waals surface area contributed by atoms with Crippen LogP contribution in [0.2, 0.25) is 0 Å². The zero-order chi connectivity index (χ0) is 14.9. The van der Waals surface area contributed by atoms with E-state index < -0.39 is 10.6 Å². The van der Waals surface area contributed by atoms with Crippen LogP contribution in [0, 0.1) is 10.1 Å². The van der Waals surface area contributed by atoms with Gasteiger partial charge in [-0.15, -0.1) is 0 Å². The summed E-state index contributed by atoms with van der Waals surface area (Å²) in [6.07, 6.45) is 0. The number of methoxy groups -OCH3 is 1. The van der Waals surface area contributed by atoms with Crippen molar-refractivity contribution in [2.75, 3.05) is 12.9 Å². The zero-order valence-electron chi connectivity index (χ0n) is 11.0. The first-order chi connectivity index (χ1) is 9.35. The number of thioether (sulfide) groups is 1. The van der Waals surface area contributed by atoms with Crippen LogP contribution in [0.1, 0.15) is 12.5 Å². The smallest absolute Gasteiger partial charge is 0.274 e. The lowest BCUT2D eigenvalue weighted by Crippen LogP contribution is -2.43. The number of benzene rings is 1. The molecule has 6 nitrogen and oxygen atoms in total. The number of aliphatic hydroxyl groups is 1. The lowest BCUT2D eigenvalue weighted by Gasteiger charge is -2.30. The molecule has 1 aliphatic rings. The molecule has 2 rings (SSSR count). The van der Waals surface area contributed by atoms with Gasteiger partial charge in [-0.25, -0.2) is 0 Å². The highest BCUT2D eigenvalue weighted by atomic mass is 32.2. The first kappa shape index (κ1) is 15.0. The summed E-state index contributed by atoms with van der Waals surface area (Å²) in [6.45, 7) is 1.82. The first-order valence-electron chi connectivity index (χ1n) is 5.83. The quantitative estimate of drug-likeness (QED) is 0.518. The largest absolute Gasteiger partial charge is 0.497 e. The Kier molecular flexibility index (Phi) is 4.17. The molecule has 1 aromatic rings. The van der Waals surface area contributed by atoms with E-state index in [2.05, 4.69) is 0 Å². The van der Waals surface area contributed by atoms with Crippen LogP contribution < -0.4 is 4.74 Å². The molecule has 108 valence electrons. The lowest BCUT2D eigenvalue weighted by molar-refractivity contribution is -0.385. The Morgan fingerprint density at radius 3 is 2.85 bits per heavy atom. The van der Waals surface area contributed by atoms with Crippen LogP contribution in [0.25, 0.3) is 0 Å².